The van der Waals surface area contributed by atoms with Gasteiger partial charge in [-0.2, -0.15) is 9.78 Å². The van der Waals surface area contributed by atoms with Gasteiger partial charge in [-0.05, 0) is 37.1 Å². The van der Waals surface area contributed by atoms with E-state index in [9.17, 15) is 19.2 Å². The van der Waals surface area contributed by atoms with Crippen LogP contribution in [0.25, 0.3) is 16.5 Å². The molecule has 2 aromatic carbocycles. The van der Waals surface area contributed by atoms with Gasteiger partial charge in [-0.25, -0.2) is 4.79 Å². The molecule has 0 saturated carbocycles. The molecule has 0 radical (unpaired) electrons. The van der Waals surface area contributed by atoms with Crippen LogP contribution in [-0.4, -0.2) is 57.0 Å². The molecular formula is C26H22N4O5. The number of aromatic nitrogens is 3. The Morgan fingerprint density at radius 3 is 2.37 bits per heavy atom. The molecule has 0 atom stereocenters. The van der Waals surface area contributed by atoms with Gasteiger partial charge in [-0.1, -0.05) is 36.4 Å². The van der Waals surface area contributed by atoms with Crippen LogP contribution in [-0.2, 0) is 4.74 Å². The van der Waals surface area contributed by atoms with Crippen molar-refractivity contribution in [1.82, 2.24) is 19.7 Å². The Labute approximate surface area is 199 Å². The molecule has 0 aliphatic carbocycles. The molecule has 0 unspecified atom stereocenters. The molecular weight excluding hydrogens is 448 g/mol. The lowest BCUT2D eigenvalue weighted by Crippen LogP contribution is -2.27. The van der Waals surface area contributed by atoms with Gasteiger partial charge in [-0.15, -0.1) is 0 Å². The molecule has 4 aromatic rings. The zero-order valence-electron chi connectivity index (χ0n) is 18.8. The summed E-state index contributed by atoms with van der Waals surface area (Å²) in [5.41, 5.74) is 0.616. The highest BCUT2D eigenvalue weighted by atomic mass is 16.5. The van der Waals surface area contributed by atoms with Crippen LogP contribution in [0.1, 0.15) is 44.2 Å². The van der Waals surface area contributed by atoms with E-state index in [1.54, 1.807) is 53.4 Å². The Hall–Kier alpha value is -4.53. The minimum absolute atomic E-state index is 0.0733. The lowest BCUT2D eigenvalue weighted by atomic mass is 10.1. The quantitative estimate of drug-likeness (QED) is 0.342. The number of H-pyrrole nitrogens is 1. The molecule has 1 aliphatic rings. The first kappa shape index (κ1) is 22.3. The lowest BCUT2D eigenvalue weighted by molar-refractivity contribution is 0.0469. The Morgan fingerprint density at radius 1 is 0.943 bits per heavy atom. The SMILES string of the molecule is O=C(COC(=O)c1nn(-c2ccccc2)c(=O)c2ccccc12)c1c[nH]c(C(=O)N2CCCC2)c1. The van der Waals surface area contributed by atoms with Crippen LogP contribution in [0.4, 0.5) is 0 Å². The molecule has 1 amide bonds. The van der Waals surface area contributed by atoms with Crippen molar-refractivity contribution in [3.8, 4) is 5.69 Å². The number of Topliss-reactive ketones (excluding diaryl/α,β-unsaturated/α-hetero) is 1. The summed E-state index contributed by atoms with van der Waals surface area (Å²) >= 11 is 0. The molecule has 1 fully saturated rings. The average Bonchev–Trinajstić information content (AvgIpc) is 3.61. The summed E-state index contributed by atoms with van der Waals surface area (Å²) in [6, 6.07) is 16.8. The lowest BCUT2D eigenvalue weighted by Gasteiger charge is -2.13. The van der Waals surface area contributed by atoms with E-state index in [1.165, 1.54) is 12.3 Å². The molecule has 2 aromatic heterocycles. The fourth-order valence-corrected chi connectivity index (χ4v) is 4.14. The number of nitrogens with one attached hydrogen (secondary N) is 1. The average molecular weight is 470 g/mol. The monoisotopic (exact) mass is 470 g/mol. The van der Waals surface area contributed by atoms with Gasteiger partial charge in [0, 0.05) is 30.2 Å². The van der Waals surface area contributed by atoms with E-state index < -0.39 is 18.4 Å². The van der Waals surface area contributed by atoms with Crippen molar-refractivity contribution in [2.75, 3.05) is 19.7 Å². The minimum atomic E-state index is -0.830. The summed E-state index contributed by atoms with van der Waals surface area (Å²) in [6.07, 6.45) is 3.37. The van der Waals surface area contributed by atoms with Crippen LogP contribution in [0.2, 0.25) is 0 Å². The molecule has 176 valence electrons. The number of amides is 1. The molecule has 9 heteroatoms. The smallest absolute Gasteiger partial charge is 0.359 e. The number of para-hydroxylation sites is 1. The Kier molecular flexibility index (Phi) is 5.97. The molecule has 9 nitrogen and oxygen atoms in total. The first-order chi connectivity index (χ1) is 17.0. The molecule has 3 heterocycles. The third-order valence-corrected chi connectivity index (χ3v) is 5.96. The zero-order chi connectivity index (χ0) is 24.4. The maximum Gasteiger partial charge on any atom is 0.359 e. The summed E-state index contributed by atoms with van der Waals surface area (Å²) in [4.78, 5) is 55.6. The number of aromatic amines is 1. The first-order valence-electron chi connectivity index (χ1n) is 11.3. The third kappa shape index (κ3) is 4.35. The summed E-state index contributed by atoms with van der Waals surface area (Å²) in [5, 5.41) is 4.90. The first-order valence-corrected chi connectivity index (χ1v) is 11.3. The number of benzene rings is 2. The highest BCUT2D eigenvalue weighted by molar-refractivity contribution is 6.05. The highest BCUT2D eigenvalue weighted by Crippen LogP contribution is 2.17. The van der Waals surface area contributed by atoms with Gasteiger partial charge in [0.2, 0.25) is 5.78 Å². The summed E-state index contributed by atoms with van der Waals surface area (Å²) in [7, 11) is 0. The number of nitrogens with zero attached hydrogens (tertiary/aromatic N) is 3. The van der Waals surface area contributed by atoms with Gasteiger partial charge in [-0.3, -0.25) is 14.4 Å². The van der Waals surface area contributed by atoms with E-state index in [0.29, 0.717) is 35.2 Å². The van der Waals surface area contributed by atoms with Crippen molar-refractivity contribution in [2.45, 2.75) is 12.8 Å². The summed E-state index contributed by atoms with van der Waals surface area (Å²) in [6.45, 7) is 0.865. The highest BCUT2D eigenvalue weighted by Gasteiger charge is 2.23. The number of esters is 1. The van der Waals surface area contributed by atoms with Crippen molar-refractivity contribution in [2.24, 2.45) is 0 Å². The number of carbonyl (C=O) groups excluding carboxylic acids is 3. The maximum atomic E-state index is 13.0. The molecule has 0 spiro atoms. The molecule has 1 saturated heterocycles. The van der Waals surface area contributed by atoms with Crippen molar-refractivity contribution in [3.63, 3.8) is 0 Å². The number of carbonyl (C=O) groups is 3. The number of rotatable bonds is 6. The predicted molar refractivity (Wildman–Crippen MR) is 128 cm³/mol. The number of ether oxygens (including phenoxy) is 1. The summed E-state index contributed by atoms with van der Waals surface area (Å²) in [5.74, 6) is -1.45. The Bertz CT molecular complexity index is 1480. The van der Waals surface area contributed by atoms with Crippen LogP contribution >= 0.6 is 0 Å². The summed E-state index contributed by atoms with van der Waals surface area (Å²) < 4.78 is 6.42. The third-order valence-electron chi connectivity index (χ3n) is 5.96. The molecule has 1 aliphatic heterocycles. The number of ketones is 1. The molecule has 35 heavy (non-hydrogen) atoms. The van der Waals surface area contributed by atoms with E-state index in [2.05, 4.69) is 10.1 Å². The topological polar surface area (TPSA) is 114 Å². The van der Waals surface area contributed by atoms with Crippen molar-refractivity contribution in [3.05, 3.63) is 94.2 Å². The van der Waals surface area contributed by atoms with Gasteiger partial charge >= 0.3 is 5.97 Å². The fraction of sp³-hybridized carbons (Fsp3) is 0.192. The van der Waals surface area contributed by atoms with Gasteiger partial charge in [0.25, 0.3) is 11.5 Å². The van der Waals surface area contributed by atoms with Crippen LogP contribution in [0.5, 0.6) is 0 Å². The fourth-order valence-electron chi connectivity index (χ4n) is 4.14. The zero-order valence-corrected chi connectivity index (χ0v) is 18.8. The van der Waals surface area contributed by atoms with Gasteiger partial charge in [0.15, 0.2) is 12.3 Å². The van der Waals surface area contributed by atoms with Gasteiger partial charge < -0.3 is 14.6 Å². The van der Waals surface area contributed by atoms with E-state index in [0.717, 1.165) is 17.5 Å². The van der Waals surface area contributed by atoms with Crippen LogP contribution in [0, 0.1) is 0 Å². The van der Waals surface area contributed by atoms with E-state index >= 15 is 0 Å². The standard InChI is InChI=1S/C26H22N4O5/c31-22(17-14-21(27-15-17)25(33)29-12-6-7-13-29)16-35-26(34)23-19-10-4-5-11-20(19)24(32)30(28-23)18-8-2-1-3-9-18/h1-5,8-11,14-15,27H,6-7,12-13,16H2. The minimum Gasteiger partial charge on any atom is -0.452 e. The second-order valence-electron chi connectivity index (χ2n) is 8.25. The number of fused-ring (bicyclic) bond motifs is 1. The number of hydrogen-bond acceptors (Lipinski definition) is 6. The normalized spacial score (nSPS) is 13.2. The van der Waals surface area contributed by atoms with E-state index in [4.69, 9.17) is 4.74 Å². The number of likely N-dealkylation sites (tertiary alicyclic amines) is 1. The maximum absolute atomic E-state index is 13.0. The van der Waals surface area contributed by atoms with E-state index in [1.807, 2.05) is 6.07 Å². The van der Waals surface area contributed by atoms with Crippen molar-refractivity contribution in [1.29, 1.82) is 0 Å². The molecule has 0 bridgehead atoms. The molecule has 5 rings (SSSR count). The van der Waals surface area contributed by atoms with Crippen molar-refractivity contribution >= 4 is 28.4 Å². The Balaban J connectivity index is 1.37. The van der Waals surface area contributed by atoms with Crippen LogP contribution in [0.15, 0.2) is 71.7 Å². The van der Waals surface area contributed by atoms with E-state index in [-0.39, 0.29) is 22.7 Å². The number of hydrogen-bond donors (Lipinski definition) is 1. The Morgan fingerprint density at radius 2 is 1.63 bits per heavy atom. The van der Waals surface area contributed by atoms with Crippen molar-refractivity contribution < 1.29 is 19.1 Å². The van der Waals surface area contributed by atoms with Gasteiger partial charge in [0.1, 0.15) is 5.69 Å². The second-order valence-corrected chi connectivity index (χ2v) is 8.25. The predicted octanol–water partition coefficient (Wildman–Crippen LogP) is 2.99. The van der Waals surface area contributed by atoms with Crippen LogP contribution < -0.4 is 5.56 Å². The van der Waals surface area contributed by atoms with Crippen LogP contribution in [0.3, 0.4) is 0 Å². The van der Waals surface area contributed by atoms with Gasteiger partial charge in [0.05, 0.1) is 11.1 Å². The second kappa shape index (κ2) is 9.38. The molecule has 1 N–H and O–H groups in total. The largest absolute Gasteiger partial charge is 0.452 e.